The maximum atomic E-state index is 12.6. The van der Waals surface area contributed by atoms with Crippen LogP contribution in [0.15, 0.2) is 0 Å². The first-order valence-electron chi connectivity index (χ1n) is 4.11. The van der Waals surface area contributed by atoms with Gasteiger partial charge in [0.05, 0.1) is 11.3 Å². The predicted octanol–water partition coefficient (Wildman–Crippen LogP) is 3.06. The molecule has 1 aromatic rings. The van der Waals surface area contributed by atoms with Crippen LogP contribution in [0.25, 0.3) is 0 Å². The van der Waals surface area contributed by atoms with E-state index in [4.69, 9.17) is 11.6 Å². The first kappa shape index (κ1) is 12.5. The molecule has 84 valence electrons. The molecular weight excluding hydrogens is 252 g/mol. The molecule has 2 rings (SSSR count). The topological polar surface area (TPSA) is 25.8 Å². The lowest BCUT2D eigenvalue weighted by molar-refractivity contribution is -0.138. The summed E-state index contributed by atoms with van der Waals surface area (Å²) in [5.74, 6) is 0. The first-order valence-corrected chi connectivity index (χ1v) is 4.49. The van der Waals surface area contributed by atoms with E-state index < -0.39 is 16.9 Å². The summed E-state index contributed by atoms with van der Waals surface area (Å²) in [6.07, 6.45) is -2.79. The summed E-state index contributed by atoms with van der Waals surface area (Å²) in [4.78, 5) is 0. The average molecular weight is 259 g/mol. The largest absolute Gasteiger partial charge is 0.419 e. The number of aromatic nitrogens is 2. The summed E-state index contributed by atoms with van der Waals surface area (Å²) >= 11 is 5.40. The van der Waals surface area contributed by atoms with Gasteiger partial charge in [-0.2, -0.15) is 18.3 Å². The van der Waals surface area contributed by atoms with Crippen LogP contribution in [0.1, 0.15) is 23.2 Å². The van der Waals surface area contributed by atoms with Crippen LogP contribution in [0.5, 0.6) is 0 Å². The van der Waals surface area contributed by atoms with Gasteiger partial charge in [-0.05, 0) is 24.8 Å². The van der Waals surface area contributed by atoms with Gasteiger partial charge in [0.25, 0.3) is 0 Å². The lowest BCUT2D eigenvalue weighted by Gasteiger charge is -2.11. The summed E-state index contributed by atoms with van der Waals surface area (Å²) in [5.41, 5.74) is -0.152. The van der Waals surface area contributed by atoms with Crippen molar-refractivity contribution in [1.82, 2.24) is 10.2 Å². The molecule has 1 heterocycles. The van der Waals surface area contributed by atoms with Gasteiger partial charge < -0.3 is 0 Å². The van der Waals surface area contributed by atoms with Gasteiger partial charge in [-0.3, -0.25) is 0 Å². The third-order valence-electron chi connectivity index (χ3n) is 2.24. The number of aryl methyl sites for hydroxylation is 1. The molecule has 0 bridgehead atoms. The Labute approximate surface area is 95.2 Å². The monoisotopic (exact) mass is 258 g/mol. The Morgan fingerprint density at radius 2 is 1.80 bits per heavy atom. The maximum absolute atomic E-state index is 12.6. The molecule has 0 unspecified atom stereocenters. The average Bonchev–Trinajstić information content (AvgIpc) is 2.48. The van der Waals surface area contributed by atoms with E-state index in [0.717, 1.165) is 0 Å². The van der Waals surface area contributed by atoms with Crippen LogP contribution >= 0.6 is 24.0 Å². The summed E-state index contributed by atoms with van der Waals surface area (Å²) in [7, 11) is 0. The number of rotatable bonds is 0. The minimum Gasteiger partial charge on any atom is -0.166 e. The number of nitrogens with zero attached hydrogens (tertiary/aromatic N) is 2. The minimum absolute atomic E-state index is 0. The van der Waals surface area contributed by atoms with E-state index in [2.05, 4.69) is 10.2 Å². The van der Waals surface area contributed by atoms with Crippen molar-refractivity contribution in [3.8, 4) is 0 Å². The van der Waals surface area contributed by atoms with Gasteiger partial charge in [-0.1, -0.05) is 11.6 Å². The molecule has 0 aromatic carbocycles. The fourth-order valence-corrected chi connectivity index (χ4v) is 1.93. The summed E-state index contributed by atoms with van der Waals surface area (Å²) in [6, 6.07) is 0. The normalized spacial score (nSPS) is 14.7. The van der Waals surface area contributed by atoms with E-state index in [1.165, 1.54) is 0 Å². The highest BCUT2D eigenvalue weighted by molar-refractivity contribution is 6.30. The molecule has 15 heavy (non-hydrogen) atoms. The van der Waals surface area contributed by atoms with E-state index in [1.807, 2.05) is 0 Å². The van der Waals surface area contributed by atoms with Crippen molar-refractivity contribution in [1.29, 1.82) is 0 Å². The highest BCUT2D eigenvalue weighted by atomic mass is 35.5. The predicted molar refractivity (Wildman–Crippen MR) is 51.3 cm³/mol. The van der Waals surface area contributed by atoms with Crippen molar-refractivity contribution in [3.63, 3.8) is 0 Å². The second-order valence-electron chi connectivity index (χ2n) is 3.14. The number of hydrogen-bond donors (Lipinski definition) is 0. The second-order valence-corrected chi connectivity index (χ2v) is 3.50. The van der Waals surface area contributed by atoms with E-state index >= 15 is 0 Å². The zero-order valence-electron chi connectivity index (χ0n) is 7.44. The zero-order valence-corrected chi connectivity index (χ0v) is 9.01. The lowest BCUT2D eigenvalue weighted by atomic mass is 10.1. The Balaban J connectivity index is 0.00000112. The van der Waals surface area contributed by atoms with E-state index in [-0.39, 0.29) is 18.0 Å². The van der Waals surface area contributed by atoms with Crippen molar-refractivity contribution in [3.05, 3.63) is 22.0 Å². The fraction of sp³-hybridized carbons (Fsp3) is 0.500. The molecule has 0 saturated heterocycles. The molecular formula is C8H7Cl2F3N2. The molecule has 0 radical (unpaired) electrons. The third kappa shape index (κ3) is 2.18. The van der Waals surface area contributed by atoms with Crippen molar-refractivity contribution in [2.45, 2.75) is 25.4 Å². The second kappa shape index (κ2) is 4.14. The minimum atomic E-state index is -4.43. The van der Waals surface area contributed by atoms with E-state index in [1.54, 1.807) is 0 Å². The molecule has 1 aliphatic rings. The van der Waals surface area contributed by atoms with Crippen LogP contribution < -0.4 is 0 Å². The summed E-state index contributed by atoms with van der Waals surface area (Å²) in [6.45, 7) is 0. The number of halogens is 5. The maximum Gasteiger partial charge on any atom is 0.419 e. The molecule has 0 saturated carbocycles. The molecule has 0 spiro atoms. The van der Waals surface area contributed by atoms with Crippen LogP contribution in [0.4, 0.5) is 13.2 Å². The Morgan fingerprint density at radius 1 is 1.13 bits per heavy atom. The third-order valence-corrected chi connectivity index (χ3v) is 2.50. The number of alkyl halides is 3. The van der Waals surface area contributed by atoms with Crippen LogP contribution in [-0.4, -0.2) is 10.2 Å². The molecule has 0 aliphatic heterocycles. The molecule has 2 nitrogen and oxygen atoms in total. The molecule has 1 aliphatic carbocycles. The van der Waals surface area contributed by atoms with Gasteiger partial charge in [-0.25, -0.2) is 0 Å². The summed E-state index contributed by atoms with van der Waals surface area (Å²) < 4.78 is 37.7. The van der Waals surface area contributed by atoms with Crippen LogP contribution in [0, 0.1) is 0 Å². The van der Waals surface area contributed by atoms with Crippen LogP contribution in [-0.2, 0) is 19.0 Å². The standard InChI is InChI=1S/C8H6ClF3N2.ClH/c9-7-6(8(10,11)12)4-2-1-3-5(4)13-14-7;/h1-3H2;1H. The molecule has 0 amide bonds. The fourth-order valence-electron chi connectivity index (χ4n) is 1.67. The number of fused-ring (bicyclic) bond motifs is 1. The first-order chi connectivity index (χ1) is 6.50. The van der Waals surface area contributed by atoms with Crippen molar-refractivity contribution >= 4 is 24.0 Å². The Morgan fingerprint density at radius 3 is 2.40 bits per heavy atom. The van der Waals surface area contributed by atoms with Gasteiger partial charge in [-0.15, -0.1) is 17.5 Å². The van der Waals surface area contributed by atoms with Gasteiger partial charge >= 0.3 is 6.18 Å². The van der Waals surface area contributed by atoms with Crippen LogP contribution in [0.2, 0.25) is 5.15 Å². The molecule has 7 heteroatoms. The van der Waals surface area contributed by atoms with Crippen molar-refractivity contribution < 1.29 is 13.2 Å². The quantitative estimate of drug-likeness (QED) is 0.715. The van der Waals surface area contributed by atoms with Gasteiger partial charge in [0, 0.05) is 0 Å². The smallest absolute Gasteiger partial charge is 0.166 e. The SMILES string of the molecule is Cl.FC(F)(F)c1c(Cl)nnc2c1CCC2. The lowest BCUT2D eigenvalue weighted by Crippen LogP contribution is -2.12. The van der Waals surface area contributed by atoms with Gasteiger partial charge in [0.1, 0.15) is 0 Å². The highest BCUT2D eigenvalue weighted by Crippen LogP contribution is 2.39. The van der Waals surface area contributed by atoms with E-state index in [9.17, 15) is 13.2 Å². The molecule has 1 aromatic heterocycles. The highest BCUT2D eigenvalue weighted by Gasteiger charge is 2.39. The van der Waals surface area contributed by atoms with Gasteiger partial charge in [0.2, 0.25) is 0 Å². The Bertz CT molecular complexity index is 379. The van der Waals surface area contributed by atoms with Crippen molar-refractivity contribution in [2.75, 3.05) is 0 Å². The van der Waals surface area contributed by atoms with Crippen molar-refractivity contribution in [2.24, 2.45) is 0 Å². The van der Waals surface area contributed by atoms with Crippen LogP contribution in [0.3, 0.4) is 0 Å². The van der Waals surface area contributed by atoms with Gasteiger partial charge in [0.15, 0.2) is 5.15 Å². The zero-order chi connectivity index (χ0) is 10.3. The van der Waals surface area contributed by atoms with E-state index in [0.29, 0.717) is 25.0 Å². The Kier molecular flexibility index (Phi) is 3.45. The molecule has 0 fully saturated rings. The molecule has 0 atom stereocenters. The summed E-state index contributed by atoms with van der Waals surface area (Å²) in [5, 5.41) is 6.42. The Hall–Kier alpha value is -0.550. The molecule has 0 N–H and O–H groups in total. The number of hydrogen-bond acceptors (Lipinski definition) is 2.